The van der Waals surface area contributed by atoms with E-state index in [0.717, 1.165) is 0 Å². The van der Waals surface area contributed by atoms with Crippen molar-refractivity contribution in [3.05, 3.63) is 54.4 Å². The van der Waals surface area contributed by atoms with Crippen LogP contribution in [0, 0.1) is 6.92 Å². The minimum Gasteiger partial charge on any atom is -0.344 e. The summed E-state index contributed by atoms with van der Waals surface area (Å²) in [5.41, 5.74) is 5.16. The second kappa shape index (κ2) is 4.47. The molecular weight excluding hydrogens is 270 g/mol. The number of hydrogen-bond acceptors (Lipinski definition) is 0. The molecule has 3 heteroatoms. The highest BCUT2D eigenvalue weighted by Crippen LogP contribution is 2.33. The van der Waals surface area contributed by atoms with Crippen LogP contribution in [-0.2, 0) is 21.1 Å². The first-order valence-electron chi connectivity index (χ1n) is 7.57. The van der Waals surface area contributed by atoms with Gasteiger partial charge >= 0.3 is 0 Å². The van der Waals surface area contributed by atoms with E-state index in [1.54, 1.807) is 0 Å². The number of nitrogens with zero attached hydrogens (tertiary/aromatic N) is 3. The molecular formula is C19H20N3+. The first kappa shape index (κ1) is 13.1. The molecule has 0 radical (unpaired) electrons. The molecule has 110 valence electrons. The van der Waals surface area contributed by atoms with E-state index in [0.29, 0.717) is 0 Å². The quantitative estimate of drug-likeness (QED) is 0.477. The summed E-state index contributed by atoms with van der Waals surface area (Å²) in [5.74, 6) is 1.23. The van der Waals surface area contributed by atoms with Gasteiger partial charge in [0.2, 0.25) is 0 Å². The van der Waals surface area contributed by atoms with Gasteiger partial charge in [0, 0.05) is 28.9 Å². The maximum atomic E-state index is 2.32. The van der Waals surface area contributed by atoms with E-state index >= 15 is 0 Å². The third-order valence-electron chi connectivity index (χ3n) is 4.68. The number of benzene rings is 2. The Morgan fingerprint density at radius 2 is 1.73 bits per heavy atom. The molecule has 0 bridgehead atoms. The summed E-state index contributed by atoms with van der Waals surface area (Å²) in [6, 6.07) is 13.3. The number of hydrogen-bond donors (Lipinski definition) is 0. The first-order chi connectivity index (χ1) is 10.6. The summed E-state index contributed by atoms with van der Waals surface area (Å²) < 4.78 is 6.64. The minimum absolute atomic E-state index is 1.23. The fraction of sp³-hybridized carbons (Fsp3) is 0.211. The molecule has 22 heavy (non-hydrogen) atoms. The summed E-state index contributed by atoms with van der Waals surface area (Å²) in [4.78, 5) is 0. The van der Waals surface area contributed by atoms with Crippen LogP contribution in [0.5, 0.6) is 0 Å². The van der Waals surface area contributed by atoms with Crippen molar-refractivity contribution in [3.63, 3.8) is 0 Å². The molecule has 4 aromatic rings. The number of fused-ring (bicyclic) bond motifs is 3. The molecule has 4 rings (SSSR count). The van der Waals surface area contributed by atoms with E-state index in [9.17, 15) is 0 Å². The first-order valence-corrected chi connectivity index (χ1v) is 7.57. The monoisotopic (exact) mass is 290 g/mol. The SMILES string of the molecule is Cc1cc2c3ccccc3n(C)c2cc1-c1n(C)cc[n+]1C. The molecule has 2 aromatic carbocycles. The summed E-state index contributed by atoms with van der Waals surface area (Å²) in [6.07, 6.45) is 4.20. The van der Waals surface area contributed by atoms with Gasteiger partial charge in [0.05, 0.1) is 19.7 Å². The summed E-state index contributed by atoms with van der Waals surface area (Å²) >= 11 is 0. The van der Waals surface area contributed by atoms with Crippen molar-refractivity contribution in [3.8, 4) is 11.4 Å². The normalized spacial score (nSPS) is 11.6. The topological polar surface area (TPSA) is 13.7 Å². The largest absolute Gasteiger partial charge is 0.344 e. The van der Waals surface area contributed by atoms with Crippen LogP contribution in [-0.4, -0.2) is 9.13 Å². The smallest absolute Gasteiger partial charge is 0.288 e. The highest BCUT2D eigenvalue weighted by Gasteiger charge is 2.19. The summed E-state index contributed by atoms with van der Waals surface area (Å²) in [5, 5.41) is 2.65. The van der Waals surface area contributed by atoms with Crippen molar-refractivity contribution >= 4 is 21.8 Å². The van der Waals surface area contributed by atoms with E-state index in [-0.39, 0.29) is 0 Å². The molecule has 0 spiro atoms. The summed E-state index contributed by atoms with van der Waals surface area (Å²) in [6.45, 7) is 2.20. The number of aromatic nitrogens is 3. The Morgan fingerprint density at radius 3 is 2.45 bits per heavy atom. The number of rotatable bonds is 1. The van der Waals surface area contributed by atoms with E-state index in [4.69, 9.17) is 0 Å². The molecule has 0 fully saturated rings. The lowest BCUT2D eigenvalue weighted by Gasteiger charge is -2.06. The molecule has 0 atom stereocenters. The molecule has 0 aliphatic carbocycles. The maximum absolute atomic E-state index is 2.32. The highest BCUT2D eigenvalue weighted by atomic mass is 15.1. The Morgan fingerprint density at radius 1 is 0.955 bits per heavy atom. The zero-order valence-electron chi connectivity index (χ0n) is 13.5. The van der Waals surface area contributed by atoms with E-state index in [2.05, 4.69) is 90.6 Å². The van der Waals surface area contributed by atoms with Gasteiger partial charge in [0.1, 0.15) is 12.4 Å². The predicted octanol–water partition coefficient (Wildman–Crippen LogP) is 3.47. The number of imidazole rings is 1. The lowest BCUT2D eigenvalue weighted by atomic mass is 10.0. The average molecular weight is 290 g/mol. The average Bonchev–Trinajstić information content (AvgIpc) is 2.98. The fourth-order valence-electron chi connectivity index (χ4n) is 3.52. The van der Waals surface area contributed by atoms with Gasteiger partial charge in [0.15, 0.2) is 0 Å². The van der Waals surface area contributed by atoms with Crippen molar-refractivity contribution < 1.29 is 4.57 Å². The Hall–Kier alpha value is -2.55. The van der Waals surface area contributed by atoms with Crippen molar-refractivity contribution in [2.75, 3.05) is 0 Å². The van der Waals surface area contributed by atoms with Crippen LogP contribution < -0.4 is 4.57 Å². The Balaban J connectivity index is 2.13. The molecule has 0 aliphatic rings. The highest BCUT2D eigenvalue weighted by molar-refractivity contribution is 6.09. The maximum Gasteiger partial charge on any atom is 0.288 e. The van der Waals surface area contributed by atoms with Gasteiger partial charge < -0.3 is 4.57 Å². The van der Waals surface area contributed by atoms with Crippen LogP contribution >= 0.6 is 0 Å². The van der Waals surface area contributed by atoms with Crippen LogP contribution in [0.2, 0.25) is 0 Å². The van der Waals surface area contributed by atoms with Crippen LogP contribution in [0.4, 0.5) is 0 Å². The molecule has 0 aliphatic heterocycles. The molecule has 2 heterocycles. The molecule has 0 amide bonds. The molecule has 0 unspecified atom stereocenters. The van der Waals surface area contributed by atoms with Gasteiger partial charge in [0.25, 0.3) is 5.82 Å². The van der Waals surface area contributed by atoms with Crippen LogP contribution in [0.3, 0.4) is 0 Å². The number of para-hydroxylation sites is 1. The van der Waals surface area contributed by atoms with Crippen molar-refractivity contribution in [2.24, 2.45) is 21.1 Å². The van der Waals surface area contributed by atoms with Gasteiger partial charge in [-0.25, -0.2) is 9.13 Å². The van der Waals surface area contributed by atoms with Gasteiger partial charge in [-0.2, -0.15) is 0 Å². The van der Waals surface area contributed by atoms with E-state index in [1.165, 1.54) is 38.8 Å². The van der Waals surface area contributed by atoms with Gasteiger partial charge in [-0.1, -0.05) is 18.2 Å². The third kappa shape index (κ3) is 1.65. The zero-order valence-corrected chi connectivity index (χ0v) is 13.5. The minimum atomic E-state index is 1.23. The van der Waals surface area contributed by atoms with Gasteiger partial charge in [-0.15, -0.1) is 0 Å². The lowest BCUT2D eigenvalue weighted by molar-refractivity contribution is -0.659. The zero-order chi connectivity index (χ0) is 15.4. The molecule has 0 N–H and O–H groups in total. The van der Waals surface area contributed by atoms with E-state index in [1.807, 2.05) is 0 Å². The van der Waals surface area contributed by atoms with Crippen LogP contribution in [0.1, 0.15) is 5.56 Å². The summed E-state index contributed by atoms with van der Waals surface area (Å²) in [7, 11) is 6.34. The second-order valence-electron chi connectivity index (χ2n) is 6.10. The molecule has 0 saturated carbocycles. The molecule has 2 aromatic heterocycles. The molecule has 0 saturated heterocycles. The van der Waals surface area contributed by atoms with Crippen molar-refractivity contribution in [1.82, 2.24) is 9.13 Å². The van der Waals surface area contributed by atoms with Crippen LogP contribution in [0.15, 0.2) is 48.8 Å². The van der Waals surface area contributed by atoms with Crippen molar-refractivity contribution in [2.45, 2.75) is 6.92 Å². The van der Waals surface area contributed by atoms with Gasteiger partial charge in [-0.3, -0.25) is 0 Å². The predicted molar refractivity (Wildman–Crippen MR) is 90.7 cm³/mol. The Kier molecular flexibility index (Phi) is 2.67. The Bertz CT molecular complexity index is 999. The van der Waals surface area contributed by atoms with E-state index < -0.39 is 0 Å². The standard InChI is InChI=1S/C19H20N3/c1-13-11-16-14-7-5-6-8-17(14)22(4)18(16)12-15(13)19-20(2)9-10-21(19)3/h5-12H,1-4H3/q+1. The van der Waals surface area contributed by atoms with Crippen LogP contribution in [0.25, 0.3) is 33.2 Å². The third-order valence-corrected chi connectivity index (χ3v) is 4.68. The lowest BCUT2D eigenvalue weighted by Crippen LogP contribution is -2.29. The molecule has 3 nitrogen and oxygen atoms in total. The van der Waals surface area contributed by atoms with Gasteiger partial charge in [-0.05, 0) is 30.7 Å². The second-order valence-corrected chi connectivity index (χ2v) is 6.10. The van der Waals surface area contributed by atoms with Crippen molar-refractivity contribution in [1.29, 1.82) is 0 Å². The fourth-order valence-corrected chi connectivity index (χ4v) is 3.52. The number of aryl methyl sites for hydroxylation is 4. The Labute approximate surface area is 130 Å².